The van der Waals surface area contributed by atoms with Gasteiger partial charge in [-0.25, -0.2) is 0 Å². The Kier molecular flexibility index (Phi) is 3.97. The van der Waals surface area contributed by atoms with Gasteiger partial charge in [-0.1, -0.05) is 30.3 Å². The van der Waals surface area contributed by atoms with Crippen molar-refractivity contribution in [1.29, 1.82) is 0 Å². The minimum Gasteiger partial charge on any atom is -0.457 e. The summed E-state index contributed by atoms with van der Waals surface area (Å²) in [6.07, 6.45) is 0. The Morgan fingerprint density at radius 1 is 1.11 bits per heavy atom. The van der Waals surface area contributed by atoms with E-state index in [2.05, 4.69) is 0 Å². The Bertz CT molecular complexity index is 506. The Balaban J connectivity index is 2.22. The minimum atomic E-state index is -0.0714. The number of ether oxygens (including phenoxy) is 1. The molecule has 2 aromatic carbocycles. The lowest BCUT2D eigenvalue weighted by Gasteiger charge is -2.13. The molecule has 0 aromatic heterocycles. The van der Waals surface area contributed by atoms with Crippen molar-refractivity contribution >= 4 is 0 Å². The van der Waals surface area contributed by atoms with Gasteiger partial charge >= 0.3 is 0 Å². The van der Waals surface area contributed by atoms with Crippen LogP contribution in [0.1, 0.15) is 24.1 Å². The highest BCUT2D eigenvalue weighted by Gasteiger charge is 2.07. The number of rotatable bonds is 4. The van der Waals surface area contributed by atoms with Gasteiger partial charge in [0.15, 0.2) is 0 Å². The normalized spacial score (nSPS) is 12.2. The first-order valence-electron chi connectivity index (χ1n) is 5.93. The molecule has 0 fully saturated rings. The second kappa shape index (κ2) is 5.67. The van der Waals surface area contributed by atoms with E-state index in [1.54, 1.807) is 0 Å². The van der Waals surface area contributed by atoms with Crippen molar-refractivity contribution in [3.05, 3.63) is 59.7 Å². The fourth-order valence-electron chi connectivity index (χ4n) is 1.74. The van der Waals surface area contributed by atoms with E-state index >= 15 is 0 Å². The van der Waals surface area contributed by atoms with Crippen molar-refractivity contribution in [3.8, 4) is 11.5 Å². The van der Waals surface area contributed by atoms with Gasteiger partial charge in [0.2, 0.25) is 0 Å². The van der Waals surface area contributed by atoms with Crippen molar-refractivity contribution in [2.75, 3.05) is 0 Å². The maximum atomic E-state index is 8.98. The lowest BCUT2D eigenvalue weighted by molar-refractivity contribution is 0.281. The quantitative estimate of drug-likeness (QED) is 0.868. The molecule has 94 valence electrons. The summed E-state index contributed by atoms with van der Waals surface area (Å²) in [6, 6.07) is 15.0. The number of nitrogens with two attached hydrogens (primary N) is 1. The van der Waals surface area contributed by atoms with Crippen LogP contribution in [0.3, 0.4) is 0 Å². The van der Waals surface area contributed by atoms with E-state index in [4.69, 9.17) is 15.6 Å². The summed E-state index contributed by atoms with van der Waals surface area (Å²) < 4.78 is 5.81. The van der Waals surface area contributed by atoms with Crippen molar-refractivity contribution in [1.82, 2.24) is 0 Å². The number of aliphatic hydroxyl groups excluding tert-OH is 1. The molecule has 0 aliphatic carbocycles. The molecule has 3 N–H and O–H groups in total. The molecule has 0 aliphatic heterocycles. The second-order valence-corrected chi connectivity index (χ2v) is 4.23. The van der Waals surface area contributed by atoms with Gasteiger partial charge < -0.3 is 15.6 Å². The zero-order chi connectivity index (χ0) is 13.0. The minimum absolute atomic E-state index is 0.0384. The van der Waals surface area contributed by atoms with E-state index < -0.39 is 0 Å². The molecule has 3 heteroatoms. The summed E-state index contributed by atoms with van der Waals surface area (Å²) in [4.78, 5) is 0. The molecule has 18 heavy (non-hydrogen) atoms. The van der Waals surface area contributed by atoms with E-state index in [1.165, 1.54) is 0 Å². The van der Waals surface area contributed by atoms with E-state index in [0.717, 1.165) is 22.6 Å². The first-order valence-corrected chi connectivity index (χ1v) is 5.93. The van der Waals surface area contributed by atoms with Gasteiger partial charge in [0.05, 0.1) is 6.61 Å². The van der Waals surface area contributed by atoms with Gasteiger partial charge in [0.25, 0.3) is 0 Å². The van der Waals surface area contributed by atoms with Crippen LogP contribution in [0.25, 0.3) is 0 Å². The van der Waals surface area contributed by atoms with Gasteiger partial charge in [-0.2, -0.15) is 0 Å². The van der Waals surface area contributed by atoms with Crippen LogP contribution in [0, 0.1) is 0 Å². The summed E-state index contributed by atoms with van der Waals surface area (Å²) in [6.45, 7) is 1.97. The van der Waals surface area contributed by atoms with Gasteiger partial charge in [0, 0.05) is 11.6 Å². The van der Waals surface area contributed by atoms with Crippen LogP contribution in [0.5, 0.6) is 11.5 Å². The van der Waals surface area contributed by atoms with Crippen molar-refractivity contribution in [2.24, 2.45) is 5.73 Å². The highest BCUT2D eigenvalue weighted by Crippen LogP contribution is 2.28. The topological polar surface area (TPSA) is 55.5 Å². The van der Waals surface area contributed by atoms with Crippen molar-refractivity contribution in [3.63, 3.8) is 0 Å². The molecule has 0 bridgehead atoms. The average molecular weight is 243 g/mol. The third-order valence-corrected chi connectivity index (χ3v) is 2.74. The molecule has 3 nitrogen and oxygen atoms in total. The number of hydrogen-bond donors (Lipinski definition) is 2. The van der Waals surface area contributed by atoms with E-state index in [1.807, 2.05) is 55.5 Å². The van der Waals surface area contributed by atoms with Crippen LogP contribution in [-0.4, -0.2) is 5.11 Å². The van der Waals surface area contributed by atoms with E-state index in [0.29, 0.717) is 0 Å². The average Bonchev–Trinajstić information content (AvgIpc) is 2.40. The number of benzene rings is 2. The summed E-state index contributed by atoms with van der Waals surface area (Å²) in [5.74, 6) is 1.50. The van der Waals surface area contributed by atoms with Crippen LogP contribution < -0.4 is 10.5 Å². The Hall–Kier alpha value is -1.84. The molecule has 0 unspecified atom stereocenters. The Morgan fingerprint density at radius 2 is 1.78 bits per heavy atom. The predicted molar refractivity (Wildman–Crippen MR) is 71.5 cm³/mol. The molecule has 0 saturated carbocycles. The van der Waals surface area contributed by atoms with Crippen molar-refractivity contribution < 1.29 is 9.84 Å². The molecule has 0 aliphatic rings. The molecule has 2 rings (SSSR count). The zero-order valence-corrected chi connectivity index (χ0v) is 10.3. The Labute approximate surface area is 107 Å². The molecule has 0 heterocycles. The fraction of sp³-hybridized carbons (Fsp3) is 0.200. The predicted octanol–water partition coefficient (Wildman–Crippen LogP) is 2.99. The first-order chi connectivity index (χ1) is 8.70. The summed E-state index contributed by atoms with van der Waals surface area (Å²) >= 11 is 0. The monoisotopic (exact) mass is 243 g/mol. The molecule has 0 spiro atoms. The summed E-state index contributed by atoms with van der Waals surface area (Å²) in [5, 5.41) is 8.98. The van der Waals surface area contributed by atoms with Crippen LogP contribution in [-0.2, 0) is 6.61 Å². The highest BCUT2D eigenvalue weighted by molar-refractivity contribution is 5.39. The summed E-state index contributed by atoms with van der Waals surface area (Å²) in [5.41, 5.74) is 7.74. The Morgan fingerprint density at radius 3 is 2.39 bits per heavy atom. The van der Waals surface area contributed by atoms with Gasteiger partial charge in [-0.05, 0) is 30.7 Å². The van der Waals surface area contributed by atoms with Gasteiger partial charge in [-0.3, -0.25) is 0 Å². The number of aliphatic hydroxyl groups is 1. The molecule has 2 aromatic rings. The summed E-state index contributed by atoms with van der Waals surface area (Å²) in [7, 11) is 0. The maximum absolute atomic E-state index is 8.98. The lowest BCUT2D eigenvalue weighted by atomic mass is 10.1. The molecule has 0 amide bonds. The molecular formula is C15H17NO2. The van der Waals surface area contributed by atoms with Crippen molar-refractivity contribution in [2.45, 2.75) is 19.6 Å². The van der Waals surface area contributed by atoms with Crippen LogP contribution in [0.2, 0.25) is 0 Å². The largest absolute Gasteiger partial charge is 0.457 e. The molecule has 1 atom stereocenters. The van der Waals surface area contributed by atoms with E-state index in [-0.39, 0.29) is 12.6 Å². The third-order valence-electron chi connectivity index (χ3n) is 2.74. The maximum Gasteiger partial charge on any atom is 0.132 e. The number of hydrogen-bond acceptors (Lipinski definition) is 3. The van der Waals surface area contributed by atoms with Crippen LogP contribution in [0.15, 0.2) is 48.5 Å². The van der Waals surface area contributed by atoms with Gasteiger partial charge in [-0.15, -0.1) is 0 Å². The second-order valence-electron chi connectivity index (χ2n) is 4.23. The number of para-hydroxylation sites is 1. The standard InChI is InChI=1S/C15H17NO2/c1-11(16)14-4-2-3-5-15(14)18-13-8-6-12(10-17)7-9-13/h2-9,11,17H,10,16H2,1H3/t11-/m0/s1. The fourth-order valence-corrected chi connectivity index (χ4v) is 1.74. The molecule has 0 radical (unpaired) electrons. The molecular weight excluding hydrogens is 226 g/mol. The zero-order valence-electron chi connectivity index (χ0n) is 10.3. The SMILES string of the molecule is C[C@H](N)c1ccccc1Oc1ccc(CO)cc1. The lowest BCUT2D eigenvalue weighted by Crippen LogP contribution is -2.06. The highest BCUT2D eigenvalue weighted by atomic mass is 16.5. The van der Waals surface area contributed by atoms with Crippen LogP contribution in [0.4, 0.5) is 0 Å². The van der Waals surface area contributed by atoms with E-state index in [9.17, 15) is 0 Å². The van der Waals surface area contributed by atoms with Crippen LogP contribution >= 0.6 is 0 Å². The third kappa shape index (κ3) is 2.88. The smallest absolute Gasteiger partial charge is 0.132 e. The van der Waals surface area contributed by atoms with Gasteiger partial charge in [0.1, 0.15) is 11.5 Å². The first kappa shape index (κ1) is 12.6. The molecule has 0 saturated heterocycles.